The molecular formula is C9H20BrN. The topological polar surface area (TPSA) is 3.24 Å². The largest absolute Gasteiger partial charge is 0.304 e. The minimum absolute atomic E-state index is 1.13. The molecule has 0 fully saturated rings. The molecule has 0 spiro atoms. The van der Waals surface area contributed by atoms with Crippen LogP contribution in [0.2, 0.25) is 0 Å². The van der Waals surface area contributed by atoms with Crippen molar-refractivity contribution in [1.29, 1.82) is 0 Å². The van der Waals surface area contributed by atoms with Gasteiger partial charge >= 0.3 is 0 Å². The third-order valence-electron chi connectivity index (χ3n) is 1.88. The molecule has 0 heterocycles. The zero-order valence-corrected chi connectivity index (χ0v) is 9.36. The Balaban J connectivity index is 3.25. The Kier molecular flexibility index (Phi) is 8.88. The molecule has 0 saturated carbocycles. The maximum Gasteiger partial charge on any atom is 0.00434 e. The van der Waals surface area contributed by atoms with E-state index >= 15 is 0 Å². The van der Waals surface area contributed by atoms with Crippen LogP contribution in [0.25, 0.3) is 0 Å². The average Bonchev–Trinajstić information content (AvgIpc) is 2.05. The molecule has 0 aliphatic carbocycles. The number of hydrogen-bond donors (Lipinski definition) is 0. The van der Waals surface area contributed by atoms with Gasteiger partial charge in [-0.05, 0) is 32.5 Å². The summed E-state index contributed by atoms with van der Waals surface area (Å²) in [5.74, 6) is 0. The fraction of sp³-hybridized carbons (Fsp3) is 1.00. The molecule has 0 aromatic carbocycles. The van der Waals surface area contributed by atoms with Crippen molar-refractivity contribution in [3.63, 3.8) is 0 Å². The van der Waals surface area contributed by atoms with Gasteiger partial charge in [0.1, 0.15) is 0 Å². The Hall–Kier alpha value is 0.440. The highest BCUT2D eigenvalue weighted by Gasteiger charge is 1.98. The molecule has 1 nitrogen and oxygen atoms in total. The summed E-state index contributed by atoms with van der Waals surface area (Å²) in [5.41, 5.74) is 0. The molecule has 11 heavy (non-hydrogen) atoms. The summed E-state index contributed by atoms with van der Waals surface area (Å²) in [6.07, 6.45) is 3.93. The predicted octanol–water partition coefficient (Wildman–Crippen LogP) is 2.89. The third kappa shape index (κ3) is 6.82. The first kappa shape index (κ1) is 11.4. The van der Waals surface area contributed by atoms with Gasteiger partial charge in [0.25, 0.3) is 0 Å². The number of hydrogen-bond acceptors (Lipinski definition) is 1. The van der Waals surface area contributed by atoms with Crippen LogP contribution in [0.5, 0.6) is 0 Å². The first-order valence-corrected chi connectivity index (χ1v) is 5.75. The Morgan fingerprint density at radius 1 is 1.09 bits per heavy atom. The molecule has 0 aromatic heterocycles. The van der Waals surface area contributed by atoms with Crippen molar-refractivity contribution in [2.24, 2.45) is 0 Å². The third-order valence-corrected chi connectivity index (χ3v) is 2.44. The molecule has 0 amide bonds. The Morgan fingerprint density at radius 3 is 2.18 bits per heavy atom. The van der Waals surface area contributed by atoms with Gasteiger partial charge in [-0.25, -0.2) is 0 Å². The molecular weight excluding hydrogens is 202 g/mol. The van der Waals surface area contributed by atoms with E-state index in [1.807, 2.05) is 0 Å². The lowest BCUT2D eigenvalue weighted by Gasteiger charge is -2.18. The van der Waals surface area contributed by atoms with Gasteiger partial charge in [-0.2, -0.15) is 0 Å². The molecule has 0 N–H and O–H groups in total. The van der Waals surface area contributed by atoms with Gasteiger partial charge in [0.2, 0.25) is 0 Å². The van der Waals surface area contributed by atoms with Crippen LogP contribution in [0.15, 0.2) is 0 Å². The van der Waals surface area contributed by atoms with E-state index in [-0.39, 0.29) is 0 Å². The van der Waals surface area contributed by atoms with Gasteiger partial charge in [-0.3, -0.25) is 0 Å². The van der Waals surface area contributed by atoms with E-state index in [0.717, 1.165) is 5.33 Å². The molecule has 2 heteroatoms. The van der Waals surface area contributed by atoms with Gasteiger partial charge < -0.3 is 4.90 Å². The zero-order chi connectivity index (χ0) is 8.53. The standard InChI is InChI=1S/C9H20BrN/c1-3-5-8-11(4-2)9-6-7-10/h3-9H2,1-2H3. The minimum atomic E-state index is 1.13. The van der Waals surface area contributed by atoms with Crippen LogP contribution >= 0.6 is 15.9 Å². The van der Waals surface area contributed by atoms with Gasteiger partial charge in [0, 0.05) is 5.33 Å². The van der Waals surface area contributed by atoms with Gasteiger partial charge in [-0.15, -0.1) is 0 Å². The van der Waals surface area contributed by atoms with Gasteiger partial charge in [0.05, 0.1) is 0 Å². The van der Waals surface area contributed by atoms with E-state index in [9.17, 15) is 0 Å². The Morgan fingerprint density at radius 2 is 1.73 bits per heavy atom. The van der Waals surface area contributed by atoms with Crippen molar-refractivity contribution in [2.45, 2.75) is 33.1 Å². The molecule has 0 atom stereocenters. The lowest BCUT2D eigenvalue weighted by atomic mass is 10.3. The molecule has 0 rings (SSSR count). The monoisotopic (exact) mass is 221 g/mol. The summed E-state index contributed by atoms with van der Waals surface area (Å²) < 4.78 is 0. The maximum absolute atomic E-state index is 3.45. The summed E-state index contributed by atoms with van der Waals surface area (Å²) >= 11 is 3.45. The van der Waals surface area contributed by atoms with Crippen molar-refractivity contribution in [1.82, 2.24) is 4.90 Å². The SMILES string of the molecule is CCCCN(CC)CCCBr. The van der Waals surface area contributed by atoms with E-state index in [1.54, 1.807) is 0 Å². The smallest absolute Gasteiger partial charge is 0.00434 e. The van der Waals surface area contributed by atoms with E-state index in [1.165, 1.54) is 38.9 Å². The van der Waals surface area contributed by atoms with Crippen LogP contribution in [0.1, 0.15) is 33.1 Å². The number of alkyl halides is 1. The lowest BCUT2D eigenvalue weighted by Crippen LogP contribution is -2.25. The Labute approximate surface area is 79.3 Å². The summed E-state index contributed by atoms with van der Waals surface area (Å²) in [7, 11) is 0. The normalized spacial score (nSPS) is 10.9. The lowest BCUT2D eigenvalue weighted by molar-refractivity contribution is 0.285. The summed E-state index contributed by atoms with van der Waals surface area (Å²) in [6.45, 7) is 8.22. The molecule has 0 aliphatic rings. The van der Waals surface area contributed by atoms with Crippen molar-refractivity contribution < 1.29 is 0 Å². The van der Waals surface area contributed by atoms with Crippen molar-refractivity contribution in [3.05, 3.63) is 0 Å². The number of unbranched alkanes of at least 4 members (excludes halogenated alkanes) is 1. The molecule has 0 bridgehead atoms. The highest BCUT2D eigenvalue weighted by Crippen LogP contribution is 1.97. The second-order valence-electron chi connectivity index (χ2n) is 2.83. The fourth-order valence-electron chi connectivity index (χ4n) is 1.09. The second-order valence-corrected chi connectivity index (χ2v) is 3.62. The number of rotatable bonds is 7. The van der Waals surface area contributed by atoms with E-state index in [0.29, 0.717) is 0 Å². The number of nitrogens with zero attached hydrogens (tertiary/aromatic N) is 1. The molecule has 0 radical (unpaired) electrons. The summed E-state index contributed by atoms with van der Waals surface area (Å²) in [5, 5.41) is 1.13. The van der Waals surface area contributed by atoms with E-state index in [2.05, 4.69) is 34.7 Å². The van der Waals surface area contributed by atoms with Crippen LogP contribution < -0.4 is 0 Å². The highest BCUT2D eigenvalue weighted by atomic mass is 79.9. The van der Waals surface area contributed by atoms with Crippen LogP contribution in [0.4, 0.5) is 0 Å². The summed E-state index contributed by atoms with van der Waals surface area (Å²) in [6, 6.07) is 0. The first-order chi connectivity index (χ1) is 5.35. The molecule has 0 aromatic rings. The predicted molar refractivity (Wildman–Crippen MR) is 55.4 cm³/mol. The fourth-order valence-corrected chi connectivity index (χ4v) is 1.34. The zero-order valence-electron chi connectivity index (χ0n) is 7.77. The van der Waals surface area contributed by atoms with Crippen molar-refractivity contribution in [2.75, 3.05) is 25.0 Å². The summed E-state index contributed by atoms with van der Waals surface area (Å²) in [4.78, 5) is 2.52. The molecule has 0 aliphatic heterocycles. The minimum Gasteiger partial charge on any atom is -0.304 e. The quantitative estimate of drug-likeness (QED) is 0.598. The van der Waals surface area contributed by atoms with Crippen LogP contribution in [0.3, 0.4) is 0 Å². The highest BCUT2D eigenvalue weighted by molar-refractivity contribution is 9.09. The van der Waals surface area contributed by atoms with Crippen molar-refractivity contribution >= 4 is 15.9 Å². The first-order valence-electron chi connectivity index (χ1n) is 4.63. The van der Waals surface area contributed by atoms with E-state index in [4.69, 9.17) is 0 Å². The van der Waals surface area contributed by atoms with E-state index < -0.39 is 0 Å². The average molecular weight is 222 g/mol. The van der Waals surface area contributed by atoms with Crippen LogP contribution in [-0.2, 0) is 0 Å². The van der Waals surface area contributed by atoms with Crippen LogP contribution in [0, 0.1) is 0 Å². The maximum atomic E-state index is 3.45. The van der Waals surface area contributed by atoms with Gasteiger partial charge in [0.15, 0.2) is 0 Å². The van der Waals surface area contributed by atoms with Crippen molar-refractivity contribution in [3.8, 4) is 0 Å². The van der Waals surface area contributed by atoms with Gasteiger partial charge in [-0.1, -0.05) is 36.2 Å². The van der Waals surface area contributed by atoms with Crippen LogP contribution in [-0.4, -0.2) is 29.9 Å². The molecule has 0 unspecified atom stereocenters. The molecule has 0 saturated heterocycles. The molecule has 68 valence electrons. The number of halogens is 1. The Bertz CT molecular complexity index is 68.0. The second kappa shape index (κ2) is 8.54.